The second-order valence-corrected chi connectivity index (χ2v) is 4.79. The van der Waals surface area contributed by atoms with Crippen LogP contribution in [-0.2, 0) is 6.61 Å². The molecule has 1 aliphatic rings. The van der Waals surface area contributed by atoms with Crippen LogP contribution in [0.1, 0.15) is 19.5 Å². The van der Waals surface area contributed by atoms with Crippen molar-refractivity contribution in [3.8, 4) is 0 Å². The summed E-state index contributed by atoms with van der Waals surface area (Å²) in [6, 6.07) is 1.02. The Bertz CT molecular complexity index is 355. The maximum atomic E-state index is 8.93. The molecular formula is C12H20N4O. The second-order valence-electron chi connectivity index (χ2n) is 4.79. The zero-order valence-corrected chi connectivity index (χ0v) is 10.7. The van der Waals surface area contributed by atoms with Crippen molar-refractivity contribution in [1.29, 1.82) is 0 Å². The van der Waals surface area contributed by atoms with Crippen molar-refractivity contribution in [2.75, 3.05) is 25.0 Å². The first-order valence-electron chi connectivity index (χ1n) is 6.00. The third kappa shape index (κ3) is 2.56. The van der Waals surface area contributed by atoms with Crippen LogP contribution in [0.5, 0.6) is 0 Å². The average Bonchev–Trinajstić information content (AvgIpc) is 2.35. The number of piperazine rings is 1. The molecule has 1 aromatic heterocycles. The van der Waals surface area contributed by atoms with Crippen LogP contribution >= 0.6 is 0 Å². The van der Waals surface area contributed by atoms with E-state index in [9.17, 15) is 0 Å². The minimum atomic E-state index is -0.0528. The van der Waals surface area contributed by atoms with Crippen LogP contribution in [0, 0.1) is 0 Å². The summed E-state index contributed by atoms with van der Waals surface area (Å²) in [6.07, 6.45) is 3.39. The summed E-state index contributed by atoms with van der Waals surface area (Å²) in [6.45, 7) is 6.32. The van der Waals surface area contributed by atoms with Gasteiger partial charge in [-0.1, -0.05) is 0 Å². The Labute approximate surface area is 102 Å². The van der Waals surface area contributed by atoms with Crippen LogP contribution in [-0.4, -0.2) is 52.2 Å². The normalized spacial score (nSPS) is 26.2. The molecule has 0 radical (unpaired) electrons. The predicted molar refractivity (Wildman–Crippen MR) is 66.9 cm³/mol. The monoisotopic (exact) mass is 236 g/mol. The van der Waals surface area contributed by atoms with Gasteiger partial charge in [-0.2, -0.15) is 0 Å². The van der Waals surface area contributed by atoms with Gasteiger partial charge >= 0.3 is 0 Å². The molecule has 2 heterocycles. The van der Waals surface area contributed by atoms with Gasteiger partial charge in [-0.15, -0.1) is 0 Å². The summed E-state index contributed by atoms with van der Waals surface area (Å²) >= 11 is 0. The third-order valence-electron chi connectivity index (χ3n) is 3.54. The van der Waals surface area contributed by atoms with Crippen LogP contribution in [0.2, 0.25) is 0 Å². The summed E-state index contributed by atoms with van der Waals surface area (Å²) in [4.78, 5) is 13.2. The standard InChI is InChI=1S/C12H20N4O/c1-9-6-16(7-10(2)15(9)3)12-5-13-11(8-17)4-14-12/h4-5,9-10,17H,6-8H2,1-3H3. The van der Waals surface area contributed by atoms with E-state index >= 15 is 0 Å². The van der Waals surface area contributed by atoms with E-state index in [-0.39, 0.29) is 6.61 Å². The lowest BCUT2D eigenvalue weighted by Crippen LogP contribution is -2.55. The molecule has 17 heavy (non-hydrogen) atoms. The Balaban J connectivity index is 2.11. The van der Waals surface area contributed by atoms with Gasteiger partial charge in [0, 0.05) is 25.2 Å². The largest absolute Gasteiger partial charge is 0.390 e. The number of anilines is 1. The Hall–Kier alpha value is -1.20. The molecule has 5 heteroatoms. The molecule has 1 aromatic rings. The van der Waals surface area contributed by atoms with Gasteiger partial charge in [-0.3, -0.25) is 9.88 Å². The zero-order valence-electron chi connectivity index (χ0n) is 10.7. The summed E-state index contributed by atoms with van der Waals surface area (Å²) in [5, 5.41) is 8.93. The maximum absolute atomic E-state index is 8.93. The molecule has 5 nitrogen and oxygen atoms in total. The number of rotatable bonds is 2. The molecule has 2 atom stereocenters. The molecule has 1 aliphatic heterocycles. The Morgan fingerprint density at radius 1 is 1.24 bits per heavy atom. The topological polar surface area (TPSA) is 52.5 Å². The summed E-state index contributed by atoms with van der Waals surface area (Å²) in [7, 11) is 2.16. The molecule has 2 rings (SSSR count). The van der Waals surface area contributed by atoms with Gasteiger partial charge in [0.1, 0.15) is 5.82 Å². The lowest BCUT2D eigenvalue weighted by Gasteiger charge is -2.42. The Morgan fingerprint density at radius 2 is 1.88 bits per heavy atom. The summed E-state index contributed by atoms with van der Waals surface area (Å²) in [5.41, 5.74) is 0.615. The highest BCUT2D eigenvalue weighted by Crippen LogP contribution is 2.18. The molecule has 0 spiro atoms. The number of aliphatic hydroxyl groups excluding tert-OH is 1. The summed E-state index contributed by atoms with van der Waals surface area (Å²) in [5.74, 6) is 0.897. The first-order valence-corrected chi connectivity index (χ1v) is 6.00. The highest BCUT2D eigenvalue weighted by atomic mass is 16.3. The van der Waals surface area contributed by atoms with Crippen molar-refractivity contribution >= 4 is 5.82 Å². The number of likely N-dealkylation sites (N-methyl/N-ethyl adjacent to an activating group) is 1. The number of hydrogen-bond acceptors (Lipinski definition) is 5. The number of nitrogens with zero attached hydrogens (tertiary/aromatic N) is 4. The fourth-order valence-electron chi connectivity index (χ4n) is 2.18. The molecule has 0 amide bonds. The van der Waals surface area contributed by atoms with Crippen molar-refractivity contribution in [3.05, 3.63) is 18.1 Å². The quantitative estimate of drug-likeness (QED) is 0.810. The van der Waals surface area contributed by atoms with Gasteiger partial charge < -0.3 is 10.0 Å². The average molecular weight is 236 g/mol. The lowest BCUT2D eigenvalue weighted by molar-refractivity contribution is 0.169. The van der Waals surface area contributed by atoms with Crippen LogP contribution in [0.15, 0.2) is 12.4 Å². The molecule has 2 unspecified atom stereocenters. The molecule has 1 saturated heterocycles. The first kappa shape index (κ1) is 12.3. The molecule has 0 saturated carbocycles. The lowest BCUT2D eigenvalue weighted by atomic mass is 10.1. The van der Waals surface area contributed by atoms with Crippen molar-refractivity contribution in [2.45, 2.75) is 32.5 Å². The van der Waals surface area contributed by atoms with E-state index in [1.165, 1.54) is 0 Å². The number of aliphatic hydroxyl groups is 1. The fraction of sp³-hybridized carbons (Fsp3) is 0.667. The molecule has 0 aliphatic carbocycles. The molecule has 0 bridgehead atoms. The van der Waals surface area contributed by atoms with Gasteiger partial charge in [0.2, 0.25) is 0 Å². The third-order valence-corrected chi connectivity index (χ3v) is 3.54. The minimum Gasteiger partial charge on any atom is -0.390 e. The molecule has 1 N–H and O–H groups in total. The number of aromatic nitrogens is 2. The van der Waals surface area contributed by atoms with Gasteiger partial charge in [-0.05, 0) is 20.9 Å². The van der Waals surface area contributed by atoms with E-state index in [0.717, 1.165) is 18.9 Å². The smallest absolute Gasteiger partial charge is 0.147 e. The van der Waals surface area contributed by atoms with Crippen LogP contribution in [0.3, 0.4) is 0 Å². The van der Waals surface area contributed by atoms with Crippen molar-refractivity contribution in [2.24, 2.45) is 0 Å². The van der Waals surface area contributed by atoms with Gasteiger partial charge in [0.25, 0.3) is 0 Å². The van der Waals surface area contributed by atoms with Crippen molar-refractivity contribution < 1.29 is 5.11 Å². The molecule has 94 valence electrons. The van der Waals surface area contributed by atoms with Gasteiger partial charge in [0.05, 0.1) is 24.7 Å². The summed E-state index contributed by atoms with van der Waals surface area (Å²) < 4.78 is 0. The zero-order chi connectivity index (χ0) is 12.4. The molecular weight excluding hydrogens is 216 g/mol. The Kier molecular flexibility index (Phi) is 3.59. The molecule has 0 aromatic carbocycles. The van der Waals surface area contributed by atoms with E-state index in [4.69, 9.17) is 5.11 Å². The second kappa shape index (κ2) is 4.98. The van der Waals surface area contributed by atoms with Gasteiger partial charge in [-0.25, -0.2) is 4.98 Å². The van der Waals surface area contributed by atoms with Crippen molar-refractivity contribution in [3.63, 3.8) is 0 Å². The maximum Gasteiger partial charge on any atom is 0.147 e. The SMILES string of the molecule is CC1CN(c2cnc(CO)cn2)CC(C)N1C. The van der Waals surface area contributed by atoms with Crippen molar-refractivity contribution in [1.82, 2.24) is 14.9 Å². The predicted octanol–water partition coefficient (Wildman–Crippen LogP) is 0.498. The van der Waals surface area contributed by atoms with E-state index in [2.05, 4.69) is 40.7 Å². The van der Waals surface area contributed by atoms with Gasteiger partial charge in [0.15, 0.2) is 0 Å². The first-order chi connectivity index (χ1) is 8.11. The Morgan fingerprint density at radius 3 is 2.35 bits per heavy atom. The highest BCUT2D eigenvalue weighted by molar-refractivity contribution is 5.37. The fourth-order valence-corrected chi connectivity index (χ4v) is 2.18. The van der Waals surface area contributed by atoms with Crippen LogP contribution < -0.4 is 4.90 Å². The minimum absolute atomic E-state index is 0.0528. The number of hydrogen-bond donors (Lipinski definition) is 1. The van der Waals surface area contributed by atoms with Crippen LogP contribution in [0.4, 0.5) is 5.82 Å². The van der Waals surface area contributed by atoms with Crippen LogP contribution in [0.25, 0.3) is 0 Å². The highest BCUT2D eigenvalue weighted by Gasteiger charge is 2.27. The van der Waals surface area contributed by atoms with E-state index < -0.39 is 0 Å². The van der Waals surface area contributed by atoms with E-state index in [0.29, 0.717) is 17.8 Å². The van der Waals surface area contributed by atoms with E-state index in [1.807, 2.05) is 0 Å². The van der Waals surface area contributed by atoms with E-state index in [1.54, 1.807) is 12.4 Å². The molecule has 1 fully saturated rings.